The largest absolute Gasteiger partial charge is 0.496 e. The molecule has 2 nitrogen and oxygen atoms in total. The molecular formula is C16H25NO. The molecule has 2 heteroatoms. The second kappa shape index (κ2) is 4.58. The molecule has 0 amide bonds. The van der Waals surface area contributed by atoms with Crippen LogP contribution < -0.4 is 10.5 Å². The van der Waals surface area contributed by atoms with E-state index in [1.54, 1.807) is 7.11 Å². The lowest BCUT2D eigenvalue weighted by Gasteiger charge is -2.27. The maximum atomic E-state index is 6.22. The Morgan fingerprint density at radius 1 is 1.22 bits per heavy atom. The van der Waals surface area contributed by atoms with Crippen molar-refractivity contribution in [3.63, 3.8) is 0 Å². The van der Waals surface area contributed by atoms with E-state index in [0.717, 1.165) is 5.75 Å². The maximum Gasteiger partial charge on any atom is 0.125 e. The zero-order chi connectivity index (χ0) is 13.5. The number of nitrogens with two attached hydrogens (primary N) is 1. The maximum absolute atomic E-state index is 6.22. The lowest BCUT2D eigenvalue weighted by Crippen LogP contribution is -2.32. The third-order valence-electron chi connectivity index (χ3n) is 4.37. The van der Waals surface area contributed by atoms with E-state index in [0.29, 0.717) is 5.92 Å². The van der Waals surface area contributed by atoms with Crippen molar-refractivity contribution in [1.82, 2.24) is 0 Å². The first-order chi connectivity index (χ1) is 8.44. The highest BCUT2D eigenvalue weighted by Gasteiger charge is 2.49. The van der Waals surface area contributed by atoms with Gasteiger partial charge in [-0.3, -0.25) is 0 Å². The number of hydrogen-bond acceptors (Lipinski definition) is 2. The molecule has 0 aromatic heterocycles. The summed E-state index contributed by atoms with van der Waals surface area (Å²) in [6.45, 7) is 8.71. The minimum absolute atomic E-state index is 0.195. The Bertz CT molecular complexity index is 445. The molecule has 1 fully saturated rings. The molecule has 1 aliphatic carbocycles. The summed E-state index contributed by atoms with van der Waals surface area (Å²) in [6.07, 6.45) is 2.41. The van der Waals surface area contributed by atoms with Gasteiger partial charge in [0.1, 0.15) is 5.75 Å². The fourth-order valence-corrected chi connectivity index (χ4v) is 3.09. The number of benzene rings is 1. The van der Waals surface area contributed by atoms with Crippen LogP contribution in [0.5, 0.6) is 5.75 Å². The molecule has 1 aromatic rings. The van der Waals surface area contributed by atoms with Crippen molar-refractivity contribution < 1.29 is 4.74 Å². The van der Waals surface area contributed by atoms with Crippen molar-refractivity contribution in [3.05, 3.63) is 28.8 Å². The summed E-state index contributed by atoms with van der Waals surface area (Å²) in [7, 11) is 1.77. The highest BCUT2D eigenvalue weighted by molar-refractivity contribution is 5.53. The number of ether oxygens (including phenoxy) is 1. The second-order valence-electron chi connectivity index (χ2n) is 5.98. The number of hydrogen-bond donors (Lipinski definition) is 1. The molecule has 1 aromatic carbocycles. The zero-order valence-corrected chi connectivity index (χ0v) is 12.2. The molecule has 0 saturated heterocycles. The molecule has 2 rings (SSSR count). The van der Waals surface area contributed by atoms with E-state index < -0.39 is 0 Å². The van der Waals surface area contributed by atoms with Gasteiger partial charge in [-0.25, -0.2) is 0 Å². The summed E-state index contributed by atoms with van der Waals surface area (Å²) in [6, 6.07) is 4.65. The van der Waals surface area contributed by atoms with Crippen molar-refractivity contribution in [2.24, 2.45) is 5.73 Å². The SMILES string of the molecule is COc1c(C)ccc(C2(C(C)N)CC2)c1C(C)C. The van der Waals surface area contributed by atoms with Gasteiger partial charge in [-0.15, -0.1) is 0 Å². The molecule has 1 unspecified atom stereocenters. The Morgan fingerprint density at radius 3 is 2.22 bits per heavy atom. The number of methoxy groups -OCH3 is 1. The van der Waals surface area contributed by atoms with E-state index in [2.05, 4.69) is 39.8 Å². The summed E-state index contributed by atoms with van der Waals surface area (Å²) in [5.41, 5.74) is 10.4. The van der Waals surface area contributed by atoms with Gasteiger partial charge in [-0.2, -0.15) is 0 Å². The third-order valence-corrected chi connectivity index (χ3v) is 4.37. The zero-order valence-electron chi connectivity index (χ0n) is 12.2. The summed E-state index contributed by atoms with van der Waals surface area (Å²) in [5.74, 6) is 1.51. The van der Waals surface area contributed by atoms with Gasteiger partial charge in [0.15, 0.2) is 0 Å². The molecule has 0 aliphatic heterocycles. The van der Waals surface area contributed by atoms with Gasteiger partial charge in [-0.05, 0) is 43.7 Å². The minimum atomic E-state index is 0.195. The lowest BCUT2D eigenvalue weighted by atomic mass is 9.81. The number of aryl methyl sites for hydroxylation is 1. The summed E-state index contributed by atoms with van der Waals surface area (Å²) >= 11 is 0. The molecule has 1 atom stereocenters. The van der Waals surface area contributed by atoms with Crippen LogP contribution in [0.3, 0.4) is 0 Å². The van der Waals surface area contributed by atoms with Crippen LogP contribution in [-0.2, 0) is 5.41 Å². The fraction of sp³-hybridized carbons (Fsp3) is 0.625. The normalized spacial score (nSPS) is 18.8. The van der Waals surface area contributed by atoms with Gasteiger partial charge in [-0.1, -0.05) is 26.0 Å². The second-order valence-corrected chi connectivity index (χ2v) is 5.98. The van der Waals surface area contributed by atoms with E-state index >= 15 is 0 Å². The van der Waals surface area contributed by atoms with Crippen LogP contribution >= 0.6 is 0 Å². The van der Waals surface area contributed by atoms with E-state index in [-0.39, 0.29) is 11.5 Å². The standard InChI is InChI=1S/C16H25NO/c1-10(2)14-13(16(8-9-16)12(4)17)7-6-11(3)15(14)18-5/h6-7,10,12H,8-9,17H2,1-5H3. The molecule has 0 spiro atoms. The quantitative estimate of drug-likeness (QED) is 0.883. The van der Waals surface area contributed by atoms with E-state index in [9.17, 15) is 0 Å². The van der Waals surface area contributed by atoms with Gasteiger partial charge in [0.25, 0.3) is 0 Å². The first-order valence-corrected chi connectivity index (χ1v) is 6.87. The highest BCUT2D eigenvalue weighted by Crippen LogP contribution is 2.54. The Morgan fingerprint density at radius 2 is 1.83 bits per heavy atom. The molecule has 1 saturated carbocycles. The van der Waals surface area contributed by atoms with E-state index in [1.807, 2.05) is 0 Å². The van der Waals surface area contributed by atoms with Gasteiger partial charge in [0.05, 0.1) is 7.11 Å². The smallest absolute Gasteiger partial charge is 0.125 e. The molecule has 0 heterocycles. The van der Waals surface area contributed by atoms with Crippen molar-refractivity contribution in [3.8, 4) is 5.75 Å². The molecule has 18 heavy (non-hydrogen) atoms. The van der Waals surface area contributed by atoms with Gasteiger partial charge < -0.3 is 10.5 Å². The van der Waals surface area contributed by atoms with Crippen LogP contribution in [0, 0.1) is 6.92 Å². The third kappa shape index (κ3) is 1.93. The minimum Gasteiger partial charge on any atom is -0.496 e. The van der Waals surface area contributed by atoms with Crippen molar-refractivity contribution in [2.75, 3.05) is 7.11 Å². The van der Waals surface area contributed by atoms with Gasteiger partial charge in [0, 0.05) is 17.0 Å². The van der Waals surface area contributed by atoms with E-state index in [1.165, 1.54) is 29.5 Å². The van der Waals surface area contributed by atoms with Crippen LogP contribution in [0.4, 0.5) is 0 Å². The predicted molar refractivity (Wildman–Crippen MR) is 76.4 cm³/mol. The van der Waals surface area contributed by atoms with Crippen molar-refractivity contribution in [1.29, 1.82) is 0 Å². The molecule has 2 N–H and O–H groups in total. The Balaban J connectivity index is 2.61. The van der Waals surface area contributed by atoms with Crippen LogP contribution in [-0.4, -0.2) is 13.2 Å². The Labute approximate surface area is 111 Å². The van der Waals surface area contributed by atoms with Crippen LogP contribution in [0.25, 0.3) is 0 Å². The van der Waals surface area contributed by atoms with Crippen LogP contribution in [0.15, 0.2) is 12.1 Å². The Hall–Kier alpha value is -1.02. The first kappa shape index (κ1) is 13.4. The average molecular weight is 247 g/mol. The van der Waals surface area contributed by atoms with E-state index in [4.69, 9.17) is 10.5 Å². The molecule has 100 valence electrons. The van der Waals surface area contributed by atoms with Crippen molar-refractivity contribution >= 4 is 0 Å². The van der Waals surface area contributed by atoms with Gasteiger partial charge in [0.2, 0.25) is 0 Å². The monoisotopic (exact) mass is 247 g/mol. The average Bonchev–Trinajstić information content (AvgIpc) is 3.09. The molecule has 1 aliphatic rings. The molecular weight excluding hydrogens is 222 g/mol. The Kier molecular flexibility index (Phi) is 3.41. The van der Waals surface area contributed by atoms with Crippen LogP contribution in [0.2, 0.25) is 0 Å². The molecule has 0 radical (unpaired) electrons. The van der Waals surface area contributed by atoms with Crippen molar-refractivity contribution in [2.45, 2.75) is 57.9 Å². The topological polar surface area (TPSA) is 35.2 Å². The predicted octanol–water partition coefficient (Wildman–Crippen LogP) is 3.51. The lowest BCUT2D eigenvalue weighted by molar-refractivity contribution is 0.401. The summed E-state index contributed by atoms with van der Waals surface area (Å²) in [5, 5.41) is 0. The van der Waals surface area contributed by atoms with Gasteiger partial charge >= 0.3 is 0 Å². The summed E-state index contributed by atoms with van der Waals surface area (Å²) in [4.78, 5) is 0. The number of rotatable bonds is 4. The molecule has 0 bridgehead atoms. The first-order valence-electron chi connectivity index (χ1n) is 6.87. The highest BCUT2D eigenvalue weighted by atomic mass is 16.5. The fourth-order valence-electron chi connectivity index (χ4n) is 3.09. The summed E-state index contributed by atoms with van der Waals surface area (Å²) < 4.78 is 5.64. The van der Waals surface area contributed by atoms with Crippen LogP contribution in [0.1, 0.15) is 56.2 Å².